The Kier molecular flexibility index (Phi) is 10.1. The van der Waals surface area contributed by atoms with Crippen molar-refractivity contribution in [3.05, 3.63) is 94.0 Å². The molecule has 37 heavy (non-hydrogen) atoms. The summed E-state index contributed by atoms with van der Waals surface area (Å²) < 4.78 is 11.7. The molecule has 8 heteroatoms. The summed E-state index contributed by atoms with van der Waals surface area (Å²) in [6.45, 7) is 8.52. The summed E-state index contributed by atoms with van der Waals surface area (Å²) in [6, 6.07) is 19.3. The number of hydrogen-bond acceptors (Lipinski definition) is 5. The highest BCUT2D eigenvalue weighted by Crippen LogP contribution is 2.29. The van der Waals surface area contributed by atoms with E-state index in [0.717, 1.165) is 11.1 Å². The number of carbonyl (C=O) groups excluding carboxylic acids is 2. The normalized spacial score (nSPS) is 11.8. The summed E-state index contributed by atoms with van der Waals surface area (Å²) in [7, 11) is 0. The molecule has 2 N–H and O–H groups in total. The van der Waals surface area contributed by atoms with Crippen LogP contribution in [-0.4, -0.2) is 30.7 Å². The molecule has 2 amide bonds. The van der Waals surface area contributed by atoms with Crippen LogP contribution in [-0.2, 0) is 11.4 Å². The Labute approximate surface area is 222 Å². The molecule has 0 aliphatic carbocycles. The third-order valence-corrected chi connectivity index (χ3v) is 5.73. The van der Waals surface area contributed by atoms with E-state index in [4.69, 9.17) is 21.1 Å². The van der Waals surface area contributed by atoms with Gasteiger partial charge in [-0.05, 0) is 67.3 Å². The zero-order valence-electron chi connectivity index (χ0n) is 21.5. The van der Waals surface area contributed by atoms with Gasteiger partial charge in [-0.25, -0.2) is 5.43 Å². The molecule has 3 aromatic carbocycles. The zero-order valence-corrected chi connectivity index (χ0v) is 22.2. The molecule has 1 atom stereocenters. The number of benzene rings is 3. The summed E-state index contributed by atoms with van der Waals surface area (Å²) >= 11 is 5.97. The Morgan fingerprint density at radius 2 is 1.76 bits per heavy atom. The number of carbonyl (C=O) groups is 2. The maximum absolute atomic E-state index is 12.8. The van der Waals surface area contributed by atoms with Crippen LogP contribution in [0.2, 0.25) is 5.02 Å². The molecule has 0 aliphatic rings. The van der Waals surface area contributed by atoms with Crippen molar-refractivity contribution in [3.8, 4) is 11.5 Å². The number of nitrogens with zero attached hydrogens (tertiary/aromatic N) is 1. The summed E-state index contributed by atoms with van der Waals surface area (Å²) in [5, 5.41) is 7.28. The SMILES string of the molecule is CCOc1cc(C=NNC(=O)C(NC(=O)c2cccc(Cl)c2)C(C)C)ccc1OCc1ccc(C)cc1. The van der Waals surface area contributed by atoms with Crippen molar-refractivity contribution >= 4 is 29.6 Å². The predicted octanol–water partition coefficient (Wildman–Crippen LogP) is 5.53. The van der Waals surface area contributed by atoms with E-state index < -0.39 is 11.9 Å². The van der Waals surface area contributed by atoms with Gasteiger partial charge < -0.3 is 14.8 Å². The molecule has 194 valence electrons. The molecular formula is C29H32ClN3O4. The van der Waals surface area contributed by atoms with Crippen molar-refractivity contribution in [1.82, 2.24) is 10.7 Å². The molecule has 1 unspecified atom stereocenters. The van der Waals surface area contributed by atoms with E-state index in [2.05, 4.69) is 15.8 Å². The standard InChI is InChI=1S/C29H32ClN3O4/c1-5-36-26-15-22(13-14-25(26)37-18-21-11-9-20(4)10-12-21)17-31-33-29(35)27(19(2)3)32-28(34)23-7-6-8-24(30)16-23/h6-17,19,27H,5,18H2,1-4H3,(H,32,34)(H,33,35). The number of amides is 2. The summed E-state index contributed by atoms with van der Waals surface area (Å²) in [5.74, 6) is 0.228. The highest BCUT2D eigenvalue weighted by Gasteiger charge is 2.24. The summed E-state index contributed by atoms with van der Waals surface area (Å²) in [5.41, 5.74) is 5.86. The average Bonchev–Trinajstić information content (AvgIpc) is 2.87. The maximum atomic E-state index is 12.8. The maximum Gasteiger partial charge on any atom is 0.262 e. The minimum Gasteiger partial charge on any atom is -0.490 e. The first-order valence-corrected chi connectivity index (χ1v) is 12.5. The van der Waals surface area contributed by atoms with E-state index in [0.29, 0.717) is 35.3 Å². The van der Waals surface area contributed by atoms with Gasteiger partial charge in [-0.15, -0.1) is 0 Å². The Bertz CT molecular complexity index is 1240. The number of aryl methyl sites for hydroxylation is 1. The molecule has 0 heterocycles. The number of rotatable bonds is 11. The molecule has 0 aliphatic heterocycles. The van der Waals surface area contributed by atoms with Crippen molar-refractivity contribution in [3.63, 3.8) is 0 Å². The van der Waals surface area contributed by atoms with Crippen LogP contribution in [0.5, 0.6) is 11.5 Å². The van der Waals surface area contributed by atoms with Crippen LogP contribution in [0.15, 0.2) is 71.8 Å². The van der Waals surface area contributed by atoms with Gasteiger partial charge in [0.2, 0.25) is 0 Å². The van der Waals surface area contributed by atoms with Crippen LogP contribution >= 0.6 is 11.6 Å². The van der Waals surface area contributed by atoms with Crippen LogP contribution in [0.3, 0.4) is 0 Å². The molecule has 0 bridgehead atoms. The summed E-state index contributed by atoms with van der Waals surface area (Å²) in [4.78, 5) is 25.3. The fraction of sp³-hybridized carbons (Fsp3) is 0.276. The first-order chi connectivity index (χ1) is 17.8. The molecule has 7 nitrogen and oxygen atoms in total. The zero-order chi connectivity index (χ0) is 26.8. The van der Waals surface area contributed by atoms with Crippen LogP contribution in [0.25, 0.3) is 0 Å². The number of ether oxygens (including phenoxy) is 2. The van der Waals surface area contributed by atoms with E-state index in [1.807, 2.05) is 64.1 Å². The fourth-order valence-corrected chi connectivity index (χ4v) is 3.66. The van der Waals surface area contributed by atoms with Crippen molar-refractivity contribution in [2.45, 2.75) is 40.3 Å². The second-order valence-electron chi connectivity index (χ2n) is 8.85. The molecular weight excluding hydrogens is 490 g/mol. The Morgan fingerprint density at radius 3 is 2.43 bits per heavy atom. The van der Waals surface area contributed by atoms with Crippen molar-refractivity contribution < 1.29 is 19.1 Å². The van der Waals surface area contributed by atoms with Gasteiger partial charge in [0.15, 0.2) is 11.5 Å². The molecule has 3 aromatic rings. The van der Waals surface area contributed by atoms with Gasteiger partial charge in [-0.3, -0.25) is 9.59 Å². The van der Waals surface area contributed by atoms with E-state index in [1.54, 1.807) is 30.3 Å². The Morgan fingerprint density at radius 1 is 1.00 bits per heavy atom. The number of halogens is 1. The molecule has 0 aromatic heterocycles. The van der Waals surface area contributed by atoms with Crippen LogP contribution in [0, 0.1) is 12.8 Å². The monoisotopic (exact) mass is 521 g/mol. The van der Waals surface area contributed by atoms with Gasteiger partial charge >= 0.3 is 0 Å². The molecule has 0 radical (unpaired) electrons. The molecule has 0 saturated heterocycles. The summed E-state index contributed by atoms with van der Waals surface area (Å²) in [6.07, 6.45) is 1.51. The Balaban J connectivity index is 1.63. The minimum atomic E-state index is -0.778. The predicted molar refractivity (Wildman–Crippen MR) is 146 cm³/mol. The third kappa shape index (κ3) is 8.36. The van der Waals surface area contributed by atoms with Gasteiger partial charge in [0.1, 0.15) is 12.6 Å². The van der Waals surface area contributed by atoms with Gasteiger partial charge in [0.25, 0.3) is 11.8 Å². The van der Waals surface area contributed by atoms with Crippen LogP contribution in [0.4, 0.5) is 0 Å². The van der Waals surface area contributed by atoms with Gasteiger partial charge in [-0.1, -0.05) is 61.3 Å². The first-order valence-electron chi connectivity index (χ1n) is 12.1. The molecule has 0 spiro atoms. The van der Waals surface area contributed by atoms with E-state index in [1.165, 1.54) is 11.8 Å². The number of hydrogen-bond donors (Lipinski definition) is 2. The number of hydrazone groups is 1. The average molecular weight is 522 g/mol. The van der Waals surface area contributed by atoms with Crippen molar-refractivity contribution in [2.24, 2.45) is 11.0 Å². The van der Waals surface area contributed by atoms with Crippen LogP contribution < -0.4 is 20.2 Å². The highest BCUT2D eigenvalue weighted by atomic mass is 35.5. The minimum absolute atomic E-state index is 0.159. The quantitative estimate of drug-likeness (QED) is 0.256. The lowest BCUT2D eigenvalue weighted by atomic mass is 10.0. The highest BCUT2D eigenvalue weighted by molar-refractivity contribution is 6.31. The van der Waals surface area contributed by atoms with Gasteiger partial charge in [0, 0.05) is 10.6 Å². The van der Waals surface area contributed by atoms with Gasteiger partial charge in [-0.2, -0.15) is 5.10 Å². The van der Waals surface area contributed by atoms with E-state index in [-0.39, 0.29) is 11.8 Å². The lowest BCUT2D eigenvalue weighted by molar-refractivity contribution is -0.123. The van der Waals surface area contributed by atoms with Gasteiger partial charge in [0.05, 0.1) is 12.8 Å². The second-order valence-corrected chi connectivity index (χ2v) is 9.29. The fourth-order valence-electron chi connectivity index (χ4n) is 3.47. The van der Waals surface area contributed by atoms with E-state index in [9.17, 15) is 9.59 Å². The second kappa shape index (κ2) is 13.5. The van der Waals surface area contributed by atoms with Crippen LogP contribution in [0.1, 0.15) is 47.8 Å². The molecule has 0 fully saturated rings. The smallest absolute Gasteiger partial charge is 0.262 e. The number of nitrogens with one attached hydrogen (secondary N) is 2. The van der Waals surface area contributed by atoms with Crippen molar-refractivity contribution in [2.75, 3.05) is 6.61 Å². The lowest BCUT2D eigenvalue weighted by Crippen LogP contribution is -2.48. The molecule has 3 rings (SSSR count). The first kappa shape index (κ1) is 27.7. The van der Waals surface area contributed by atoms with Crippen molar-refractivity contribution in [1.29, 1.82) is 0 Å². The Hall–Kier alpha value is -3.84. The third-order valence-electron chi connectivity index (χ3n) is 5.49. The van der Waals surface area contributed by atoms with E-state index >= 15 is 0 Å². The lowest BCUT2D eigenvalue weighted by Gasteiger charge is -2.20. The topological polar surface area (TPSA) is 89.0 Å². The largest absolute Gasteiger partial charge is 0.490 e. The molecule has 0 saturated carbocycles.